The van der Waals surface area contributed by atoms with Crippen LogP contribution in [0.25, 0.3) is 11.3 Å². The molecule has 4 aromatic rings. The lowest BCUT2D eigenvalue weighted by Gasteiger charge is -2.26. The molecular weight excluding hydrogens is 564 g/mol. The Morgan fingerprint density at radius 1 is 0.976 bits per heavy atom. The van der Waals surface area contributed by atoms with Gasteiger partial charge in [-0.05, 0) is 23.8 Å². The number of ether oxygens (including phenoxy) is 1. The molecule has 14 heteroatoms. The molecule has 3 heterocycles. The number of sulfonamides is 1. The highest BCUT2D eigenvalue weighted by molar-refractivity contribution is 7.91. The van der Waals surface area contributed by atoms with Crippen molar-refractivity contribution in [2.24, 2.45) is 0 Å². The summed E-state index contributed by atoms with van der Waals surface area (Å²) in [7, 11) is -4.28. The maximum absolute atomic E-state index is 15.0. The van der Waals surface area contributed by atoms with Gasteiger partial charge in [-0.15, -0.1) is 0 Å². The molecule has 1 saturated heterocycles. The van der Waals surface area contributed by atoms with E-state index in [1.54, 1.807) is 35.1 Å². The summed E-state index contributed by atoms with van der Waals surface area (Å²) in [4.78, 5) is 12.6. The standard InChI is InChI=1S/C27H24F4N6O3S/c28-17-11-18(14-32-13-17)35-27-34-10-8-21(36-27)19-7-4-9-33-26(19)40-22-12-20(29)25(24(31)23(22)30)37-41(38,39)15-16-5-2-1-3-6-16/h1-10,12,17-18,32,37H,11,13-15H2,(H,34,35,36)/t17-,18?/m1/s1. The summed E-state index contributed by atoms with van der Waals surface area (Å²) in [6.45, 7) is 0.790. The number of hydrogen-bond acceptors (Lipinski definition) is 8. The van der Waals surface area contributed by atoms with Gasteiger partial charge in [0.2, 0.25) is 27.7 Å². The number of nitrogens with one attached hydrogen (secondary N) is 3. The second kappa shape index (κ2) is 12.1. The molecule has 2 atom stereocenters. The van der Waals surface area contributed by atoms with E-state index in [1.165, 1.54) is 30.6 Å². The van der Waals surface area contributed by atoms with Gasteiger partial charge in [-0.3, -0.25) is 4.72 Å². The number of rotatable bonds is 9. The summed E-state index contributed by atoms with van der Waals surface area (Å²) < 4.78 is 90.8. The van der Waals surface area contributed by atoms with E-state index in [0.29, 0.717) is 18.2 Å². The van der Waals surface area contributed by atoms with Gasteiger partial charge in [-0.1, -0.05) is 30.3 Å². The van der Waals surface area contributed by atoms with E-state index in [-0.39, 0.29) is 42.1 Å². The maximum Gasteiger partial charge on any atom is 0.237 e. The molecule has 2 aromatic carbocycles. The van der Waals surface area contributed by atoms with Crippen LogP contribution in [0.15, 0.2) is 67.0 Å². The highest BCUT2D eigenvalue weighted by Gasteiger charge is 2.26. The molecule has 0 aliphatic carbocycles. The summed E-state index contributed by atoms with van der Waals surface area (Å²) in [6.07, 6.45) is 2.03. The zero-order chi connectivity index (χ0) is 29.0. The normalized spacial score (nSPS) is 17.2. The Balaban J connectivity index is 1.38. The Kier molecular flexibility index (Phi) is 8.31. The predicted molar refractivity (Wildman–Crippen MR) is 144 cm³/mol. The highest BCUT2D eigenvalue weighted by atomic mass is 32.2. The number of nitrogens with zero attached hydrogens (tertiary/aromatic N) is 3. The first kappa shape index (κ1) is 28.2. The van der Waals surface area contributed by atoms with Gasteiger partial charge in [0.15, 0.2) is 17.4 Å². The van der Waals surface area contributed by atoms with Gasteiger partial charge in [0.05, 0.1) is 17.0 Å². The molecule has 2 aromatic heterocycles. The molecule has 0 amide bonds. The lowest BCUT2D eigenvalue weighted by atomic mass is 10.1. The van der Waals surface area contributed by atoms with Crippen molar-refractivity contribution in [1.29, 1.82) is 0 Å². The highest BCUT2D eigenvalue weighted by Crippen LogP contribution is 2.36. The maximum atomic E-state index is 15.0. The zero-order valence-electron chi connectivity index (χ0n) is 21.3. The quantitative estimate of drug-likeness (QED) is 0.189. The third-order valence-corrected chi connectivity index (χ3v) is 7.35. The first-order valence-corrected chi connectivity index (χ1v) is 14.1. The average molecular weight is 589 g/mol. The molecule has 5 rings (SSSR count). The molecule has 0 radical (unpaired) electrons. The van der Waals surface area contributed by atoms with Gasteiger partial charge in [-0.25, -0.2) is 36.5 Å². The number of alkyl halides is 1. The minimum absolute atomic E-state index is 0.202. The van der Waals surface area contributed by atoms with Crippen molar-refractivity contribution in [2.75, 3.05) is 23.1 Å². The van der Waals surface area contributed by atoms with Crippen molar-refractivity contribution in [2.45, 2.75) is 24.4 Å². The summed E-state index contributed by atoms with van der Waals surface area (Å²) >= 11 is 0. The van der Waals surface area contributed by atoms with E-state index in [0.717, 1.165) is 0 Å². The lowest BCUT2D eigenvalue weighted by molar-refractivity contribution is 0.254. The molecule has 3 N–H and O–H groups in total. The fourth-order valence-corrected chi connectivity index (χ4v) is 5.46. The van der Waals surface area contributed by atoms with Gasteiger partial charge in [0.25, 0.3) is 0 Å². The smallest absolute Gasteiger partial charge is 0.237 e. The minimum atomic E-state index is -4.28. The topological polar surface area (TPSA) is 118 Å². The second-order valence-electron chi connectivity index (χ2n) is 9.26. The van der Waals surface area contributed by atoms with Crippen molar-refractivity contribution in [3.63, 3.8) is 0 Å². The molecule has 1 fully saturated rings. The molecule has 0 bridgehead atoms. The molecule has 9 nitrogen and oxygen atoms in total. The molecule has 214 valence electrons. The molecule has 1 aliphatic rings. The third-order valence-electron chi connectivity index (χ3n) is 6.12. The number of benzene rings is 2. The number of halogens is 4. The van der Waals surface area contributed by atoms with E-state index in [9.17, 15) is 21.6 Å². The minimum Gasteiger partial charge on any atom is -0.435 e. The first-order valence-electron chi connectivity index (χ1n) is 12.5. The molecule has 0 saturated carbocycles. The number of hydrogen-bond donors (Lipinski definition) is 3. The molecule has 1 unspecified atom stereocenters. The fraction of sp³-hybridized carbons (Fsp3) is 0.222. The predicted octanol–water partition coefficient (Wildman–Crippen LogP) is 4.80. The Morgan fingerprint density at radius 2 is 1.78 bits per heavy atom. The SMILES string of the molecule is O=S(=O)(Cc1ccccc1)Nc1c(F)cc(Oc2ncccc2-c2ccnc(NC3CNC[C@H](F)C3)n2)c(F)c1F. The fourth-order valence-electron chi connectivity index (χ4n) is 4.26. The van der Waals surface area contributed by atoms with Gasteiger partial charge in [0.1, 0.15) is 11.9 Å². The van der Waals surface area contributed by atoms with Crippen LogP contribution in [0.5, 0.6) is 11.6 Å². The molecule has 1 aliphatic heterocycles. The largest absolute Gasteiger partial charge is 0.435 e. The van der Waals surface area contributed by atoms with Gasteiger partial charge < -0.3 is 15.4 Å². The molecule has 0 spiro atoms. The van der Waals surface area contributed by atoms with Gasteiger partial charge >= 0.3 is 0 Å². The van der Waals surface area contributed by atoms with Crippen LogP contribution in [-0.2, 0) is 15.8 Å². The number of aromatic nitrogens is 3. The van der Waals surface area contributed by atoms with Crippen molar-refractivity contribution < 1.29 is 30.7 Å². The zero-order valence-corrected chi connectivity index (χ0v) is 22.1. The number of anilines is 2. The van der Waals surface area contributed by atoms with Crippen LogP contribution in [-0.4, -0.2) is 48.7 Å². The van der Waals surface area contributed by atoms with Crippen molar-refractivity contribution in [1.82, 2.24) is 20.3 Å². The van der Waals surface area contributed by atoms with Crippen LogP contribution >= 0.6 is 0 Å². The van der Waals surface area contributed by atoms with E-state index in [1.807, 2.05) is 0 Å². The van der Waals surface area contributed by atoms with Crippen molar-refractivity contribution in [3.8, 4) is 22.9 Å². The van der Waals surface area contributed by atoms with Crippen molar-refractivity contribution >= 4 is 21.7 Å². The summed E-state index contributed by atoms with van der Waals surface area (Å²) in [5, 5.41) is 6.02. The summed E-state index contributed by atoms with van der Waals surface area (Å²) in [6, 6.07) is 12.8. The average Bonchev–Trinajstić information content (AvgIpc) is 2.95. The Labute approximate surface area is 233 Å². The summed E-state index contributed by atoms with van der Waals surface area (Å²) in [5.74, 6) is -6.27. The monoisotopic (exact) mass is 588 g/mol. The number of pyridine rings is 1. The van der Waals surface area contributed by atoms with E-state index in [2.05, 4.69) is 25.6 Å². The van der Waals surface area contributed by atoms with E-state index < -0.39 is 50.8 Å². The van der Waals surface area contributed by atoms with Crippen LogP contribution in [0.4, 0.5) is 29.2 Å². The van der Waals surface area contributed by atoms with Crippen LogP contribution in [0.2, 0.25) is 0 Å². The van der Waals surface area contributed by atoms with E-state index >= 15 is 4.39 Å². The van der Waals surface area contributed by atoms with E-state index in [4.69, 9.17) is 4.74 Å². The molecular formula is C27H24F4N6O3S. The first-order chi connectivity index (χ1) is 19.7. The van der Waals surface area contributed by atoms with Gasteiger partial charge in [0, 0.05) is 44.0 Å². The third kappa shape index (κ3) is 6.89. The van der Waals surface area contributed by atoms with Gasteiger partial charge in [-0.2, -0.15) is 4.39 Å². The second-order valence-corrected chi connectivity index (χ2v) is 11.0. The Morgan fingerprint density at radius 3 is 2.56 bits per heavy atom. The molecule has 41 heavy (non-hydrogen) atoms. The lowest BCUT2D eigenvalue weighted by Crippen LogP contribution is -2.44. The van der Waals surface area contributed by atoms with Crippen LogP contribution in [0.1, 0.15) is 12.0 Å². The Hall–Kier alpha value is -4.30. The van der Waals surface area contributed by atoms with Crippen LogP contribution in [0.3, 0.4) is 0 Å². The van der Waals surface area contributed by atoms with Crippen molar-refractivity contribution in [3.05, 3.63) is 90.0 Å². The van der Waals surface area contributed by atoms with Crippen LogP contribution in [0, 0.1) is 17.5 Å². The Bertz CT molecular complexity index is 1650. The number of piperidine rings is 1. The summed E-state index contributed by atoms with van der Waals surface area (Å²) in [5.41, 5.74) is -0.269. The van der Waals surface area contributed by atoms with Crippen LogP contribution < -0.4 is 20.1 Å².